The Morgan fingerprint density at radius 3 is 1.96 bits per heavy atom. The van der Waals surface area contributed by atoms with Crippen molar-refractivity contribution in [2.75, 3.05) is 4.72 Å². The fraction of sp³-hybridized carbons (Fsp3) is 0.138. The Morgan fingerprint density at radius 2 is 1.38 bits per heavy atom. The molecule has 0 saturated heterocycles. The molecule has 0 aliphatic carbocycles. The van der Waals surface area contributed by atoms with Crippen molar-refractivity contribution < 1.29 is 31.8 Å². The van der Waals surface area contributed by atoms with Gasteiger partial charge in [-0.2, -0.15) is 17.9 Å². The van der Waals surface area contributed by atoms with Crippen molar-refractivity contribution in [3.63, 3.8) is 0 Å². The van der Waals surface area contributed by atoms with E-state index in [1.165, 1.54) is 68.4 Å². The van der Waals surface area contributed by atoms with E-state index in [9.17, 15) is 42.2 Å². The molecule has 2 N–H and O–H groups in total. The van der Waals surface area contributed by atoms with Gasteiger partial charge in [-0.3, -0.25) is 25.0 Å². The van der Waals surface area contributed by atoms with Crippen LogP contribution in [0.25, 0.3) is 0 Å². The second-order valence-electron chi connectivity index (χ2n) is 10.2. The average Bonchev–Trinajstić information content (AvgIpc) is 3.44. The Hall–Kier alpha value is -5.35. The third-order valence-electron chi connectivity index (χ3n) is 7.22. The molecule has 4 aromatic carbocycles. The fourth-order valence-corrected chi connectivity index (χ4v) is 7.90. The summed E-state index contributed by atoms with van der Waals surface area (Å²) in [6, 6.07) is 18.1. The summed E-state index contributed by atoms with van der Waals surface area (Å²) in [7, 11) is -8.67. The summed E-state index contributed by atoms with van der Waals surface area (Å²) in [4.78, 5) is 20.6. The van der Waals surface area contributed by atoms with Crippen LogP contribution in [0.3, 0.4) is 0 Å². The molecular weight excluding hydrogens is 626 g/mol. The number of nitrogens with zero attached hydrogens (tertiary/aromatic N) is 4. The highest BCUT2D eigenvalue weighted by atomic mass is 32.2. The van der Waals surface area contributed by atoms with Crippen LogP contribution in [0.5, 0.6) is 5.75 Å². The van der Waals surface area contributed by atoms with Crippen molar-refractivity contribution in [2.24, 2.45) is 5.10 Å². The Kier molecular flexibility index (Phi) is 8.03. The van der Waals surface area contributed by atoms with E-state index in [1.807, 2.05) is 0 Å². The molecular formula is C29H25N5O9S2. The van der Waals surface area contributed by atoms with Crippen LogP contribution in [-0.4, -0.2) is 41.9 Å². The van der Waals surface area contributed by atoms with E-state index in [0.717, 1.165) is 16.5 Å². The first kappa shape index (κ1) is 31.1. The highest BCUT2D eigenvalue weighted by Crippen LogP contribution is 2.41. The summed E-state index contributed by atoms with van der Waals surface area (Å²) in [6.45, 7) is 3.01. The van der Waals surface area contributed by atoms with E-state index >= 15 is 0 Å². The molecule has 1 atom stereocenters. The van der Waals surface area contributed by atoms with E-state index < -0.39 is 41.6 Å². The van der Waals surface area contributed by atoms with E-state index in [0.29, 0.717) is 16.8 Å². The summed E-state index contributed by atoms with van der Waals surface area (Å²) in [6.07, 6.45) is 0.0166. The molecule has 0 amide bonds. The lowest BCUT2D eigenvalue weighted by Gasteiger charge is -2.24. The van der Waals surface area contributed by atoms with Gasteiger partial charge in [0.05, 0.1) is 31.4 Å². The molecule has 4 aromatic rings. The number of anilines is 1. The van der Waals surface area contributed by atoms with Gasteiger partial charge >= 0.3 is 0 Å². The Labute approximate surface area is 257 Å². The van der Waals surface area contributed by atoms with Crippen molar-refractivity contribution in [2.45, 2.75) is 36.1 Å². The lowest BCUT2D eigenvalue weighted by molar-refractivity contribution is -0.385. The summed E-state index contributed by atoms with van der Waals surface area (Å²) >= 11 is 0. The number of hydrogen-bond acceptors (Lipinski definition) is 10. The SMILES string of the molecule is Cc1ccc([N+](=O)[O-])cc1S(=O)(=O)Nc1ccc(C2=NN(S(=O)(=O)c3cc([N+](=O)[O-])ccc3C)C(c3ccccc3O)C2)cc1. The maximum absolute atomic E-state index is 13.9. The number of hydrazone groups is 1. The zero-order chi connectivity index (χ0) is 32.7. The zero-order valence-electron chi connectivity index (χ0n) is 23.7. The number of para-hydroxylation sites is 1. The molecule has 5 rings (SSSR count). The largest absolute Gasteiger partial charge is 0.508 e. The van der Waals surface area contributed by atoms with Crippen molar-refractivity contribution in [1.29, 1.82) is 0 Å². The normalized spacial score (nSPS) is 15.0. The predicted octanol–water partition coefficient (Wildman–Crippen LogP) is 5.17. The second kappa shape index (κ2) is 11.6. The van der Waals surface area contributed by atoms with Gasteiger partial charge in [0.1, 0.15) is 5.75 Å². The number of phenolic OH excluding ortho intramolecular Hbond substituents is 1. The van der Waals surface area contributed by atoms with Gasteiger partial charge in [-0.25, -0.2) is 8.42 Å². The number of aromatic hydroxyl groups is 1. The average molecular weight is 652 g/mol. The number of nitrogens with one attached hydrogen (secondary N) is 1. The van der Waals surface area contributed by atoms with Crippen LogP contribution in [0.4, 0.5) is 17.1 Å². The van der Waals surface area contributed by atoms with Crippen LogP contribution < -0.4 is 4.72 Å². The first-order valence-electron chi connectivity index (χ1n) is 13.2. The molecule has 0 fully saturated rings. The second-order valence-corrected chi connectivity index (χ2v) is 13.6. The maximum Gasteiger partial charge on any atom is 0.280 e. The summed E-state index contributed by atoms with van der Waals surface area (Å²) in [5.41, 5.74) is 0.903. The highest BCUT2D eigenvalue weighted by Gasteiger charge is 2.40. The van der Waals surface area contributed by atoms with Crippen molar-refractivity contribution in [3.8, 4) is 5.75 Å². The van der Waals surface area contributed by atoms with Crippen LogP contribution in [0.1, 0.15) is 34.7 Å². The molecule has 1 unspecified atom stereocenters. The molecule has 232 valence electrons. The molecule has 16 heteroatoms. The highest BCUT2D eigenvalue weighted by molar-refractivity contribution is 7.92. The number of aryl methyl sites for hydroxylation is 2. The smallest absolute Gasteiger partial charge is 0.280 e. The van der Waals surface area contributed by atoms with Gasteiger partial charge in [0, 0.05) is 41.9 Å². The molecule has 0 spiro atoms. The van der Waals surface area contributed by atoms with Gasteiger partial charge in [0.15, 0.2) is 0 Å². The van der Waals surface area contributed by atoms with Crippen molar-refractivity contribution in [3.05, 3.63) is 127 Å². The van der Waals surface area contributed by atoms with Gasteiger partial charge in [0.25, 0.3) is 31.4 Å². The minimum absolute atomic E-state index is 0.0166. The van der Waals surface area contributed by atoms with Crippen LogP contribution in [0.15, 0.2) is 99.8 Å². The number of benzene rings is 4. The lowest BCUT2D eigenvalue weighted by Crippen LogP contribution is -2.28. The third-order valence-corrected chi connectivity index (χ3v) is 10.6. The number of sulfonamides is 2. The molecule has 0 saturated carbocycles. The number of non-ortho nitro benzene ring substituents is 2. The van der Waals surface area contributed by atoms with Crippen LogP contribution in [0.2, 0.25) is 0 Å². The lowest BCUT2D eigenvalue weighted by atomic mass is 9.98. The van der Waals surface area contributed by atoms with E-state index in [2.05, 4.69) is 9.82 Å². The Balaban J connectivity index is 1.50. The number of nitro benzene ring substituents is 2. The quantitative estimate of drug-likeness (QED) is 0.181. The number of nitro groups is 2. The standard InChI is InChI=1S/C29H25N5O9S2/c1-18-7-13-22(33(36)37)15-28(18)44(40,41)31-21-11-9-20(10-12-21)25-17-26(24-5-3-4-6-27(24)35)32(30-25)45(42,43)29-16-23(34(38)39)14-8-19(29)2/h3-16,26,31,35H,17H2,1-2H3. The Morgan fingerprint density at radius 1 is 0.822 bits per heavy atom. The molecule has 45 heavy (non-hydrogen) atoms. The molecule has 1 aliphatic rings. The van der Waals surface area contributed by atoms with Crippen LogP contribution in [0, 0.1) is 34.1 Å². The molecule has 1 heterocycles. The van der Waals surface area contributed by atoms with Crippen LogP contribution >= 0.6 is 0 Å². The maximum atomic E-state index is 13.9. The first-order chi connectivity index (χ1) is 21.2. The van der Waals surface area contributed by atoms with E-state index in [4.69, 9.17) is 0 Å². The molecule has 1 aliphatic heterocycles. The summed E-state index contributed by atoms with van der Waals surface area (Å²) in [5.74, 6) is -0.170. The predicted molar refractivity (Wildman–Crippen MR) is 164 cm³/mol. The zero-order valence-corrected chi connectivity index (χ0v) is 25.3. The van der Waals surface area contributed by atoms with Gasteiger partial charge in [-0.05, 0) is 48.7 Å². The summed E-state index contributed by atoms with van der Waals surface area (Å²) in [5, 5.41) is 37.6. The van der Waals surface area contributed by atoms with Crippen molar-refractivity contribution >= 4 is 42.8 Å². The molecule has 0 aromatic heterocycles. The minimum atomic E-state index is -4.47. The Bertz CT molecular complexity index is 2100. The topological polar surface area (TPSA) is 202 Å². The number of phenols is 1. The summed E-state index contributed by atoms with van der Waals surface area (Å²) < 4.78 is 57.2. The third kappa shape index (κ3) is 6.05. The van der Waals surface area contributed by atoms with Crippen molar-refractivity contribution in [1.82, 2.24) is 4.41 Å². The molecule has 14 nitrogen and oxygen atoms in total. The minimum Gasteiger partial charge on any atom is -0.508 e. The van der Waals surface area contributed by atoms with Gasteiger partial charge in [-0.1, -0.05) is 42.5 Å². The molecule has 0 bridgehead atoms. The van der Waals surface area contributed by atoms with E-state index in [-0.39, 0.29) is 44.5 Å². The first-order valence-corrected chi connectivity index (χ1v) is 16.1. The number of rotatable bonds is 9. The van der Waals surface area contributed by atoms with Gasteiger partial charge in [-0.15, -0.1) is 0 Å². The number of hydrogen-bond donors (Lipinski definition) is 2. The molecule has 0 radical (unpaired) electrons. The van der Waals surface area contributed by atoms with Gasteiger partial charge < -0.3 is 5.11 Å². The fourth-order valence-electron chi connectivity index (χ4n) is 4.90. The monoisotopic (exact) mass is 651 g/mol. The van der Waals surface area contributed by atoms with Crippen LogP contribution in [-0.2, 0) is 20.0 Å². The van der Waals surface area contributed by atoms with E-state index in [1.54, 1.807) is 18.2 Å². The van der Waals surface area contributed by atoms with Gasteiger partial charge in [0.2, 0.25) is 0 Å².